The van der Waals surface area contributed by atoms with Gasteiger partial charge in [0.05, 0.1) is 16.8 Å². The third-order valence-electron chi connectivity index (χ3n) is 4.54. The predicted molar refractivity (Wildman–Crippen MR) is 109 cm³/mol. The molecule has 0 bridgehead atoms. The number of nitrogens with zero attached hydrogens (tertiary/aromatic N) is 1. The number of halogens is 2. The lowest BCUT2D eigenvalue weighted by molar-refractivity contribution is -0.121. The van der Waals surface area contributed by atoms with E-state index in [1.807, 2.05) is 35.2 Å². The van der Waals surface area contributed by atoms with Gasteiger partial charge in [0.1, 0.15) is 0 Å². The van der Waals surface area contributed by atoms with Crippen molar-refractivity contribution in [3.05, 3.63) is 58.6 Å². The van der Waals surface area contributed by atoms with Crippen LogP contribution in [0.4, 0.5) is 11.4 Å². The quantitative estimate of drug-likeness (QED) is 0.747. The molecular weight excluding hydrogens is 385 g/mol. The molecule has 0 unspecified atom stereocenters. The molecule has 2 aromatic carbocycles. The summed E-state index contributed by atoms with van der Waals surface area (Å²) in [6.07, 6.45) is 2.02. The van der Waals surface area contributed by atoms with Crippen LogP contribution in [0.25, 0.3) is 0 Å². The highest BCUT2D eigenvalue weighted by atomic mass is 35.5. The Bertz CT molecular complexity index is 814. The summed E-state index contributed by atoms with van der Waals surface area (Å²) >= 11 is 12.0. The van der Waals surface area contributed by atoms with Crippen LogP contribution >= 0.6 is 23.2 Å². The number of benzene rings is 2. The van der Waals surface area contributed by atoms with Gasteiger partial charge in [-0.2, -0.15) is 0 Å². The maximum Gasteiger partial charge on any atom is 0.241 e. The maximum atomic E-state index is 12.7. The largest absolute Gasteiger partial charge is 0.326 e. The van der Waals surface area contributed by atoms with E-state index in [-0.39, 0.29) is 17.9 Å². The summed E-state index contributed by atoms with van der Waals surface area (Å²) in [6.45, 7) is 1.33. The van der Waals surface area contributed by atoms with Crippen LogP contribution in [-0.4, -0.2) is 35.8 Å². The number of para-hydroxylation sites is 1. The van der Waals surface area contributed by atoms with Crippen molar-refractivity contribution in [3.63, 3.8) is 0 Å². The Morgan fingerprint density at radius 2 is 1.85 bits per heavy atom. The average molecular weight is 406 g/mol. The van der Waals surface area contributed by atoms with Gasteiger partial charge < -0.3 is 10.6 Å². The zero-order valence-corrected chi connectivity index (χ0v) is 16.3. The maximum absolute atomic E-state index is 12.7. The highest BCUT2D eigenvalue weighted by molar-refractivity contribution is 6.36. The number of carbonyl (C=O) groups excluding carboxylic acids is 2. The fourth-order valence-electron chi connectivity index (χ4n) is 3.19. The van der Waals surface area contributed by atoms with Crippen LogP contribution in [0.3, 0.4) is 0 Å². The van der Waals surface area contributed by atoms with Crippen molar-refractivity contribution in [1.29, 1.82) is 0 Å². The van der Waals surface area contributed by atoms with Crippen LogP contribution in [0.2, 0.25) is 10.0 Å². The first-order valence-corrected chi connectivity index (χ1v) is 9.63. The molecule has 1 aliphatic rings. The Morgan fingerprint density at radius 1 is 1.07 bits per heavy atom. The summed E-state index contributed by atoms with van der Waals surface area (Å²) in [5, 5.41) is 6.66. The third-order valence-corrected chi connectivity index (χ3v) is 5.09. The van der Waals surface area contributed by atoms with Gasteiger partial charge >= 0.3 is 0 Å². The molecule has 0 aromatic heterocycles. The monoisotopic (exact) mass is 405 g/mol. The molecule has 1 atom stereocenters. The first kappa shape index (κ1) is 19.7. The summed E-state index contributed by atoms with van der Waals surface area (Å²) in [4.78, 5) is 26.8. The first-order chi connectivity index (χ1) is 13.0. The predicted octanol–water partition coefficient (Wildman–Crippen LogP) is 4.43. The van der Waals surface area contributed by atoms with E-state index in [1.165, 1.54) is 0 Å². The molecule has 1 heterocycles. The van der Waals surface area contributed by atoms with Gasteiger partial charge in [-0.3, -0.25) is 14.5 Å². The minimum atomic E-state index is -0.263. The molecule has 1 saturated heterocycles. The second kappa shape index (κ2) is 9.22. The summed E-state index contributed by atoms with van der Waals surface area (Å²) in [5.74, 6) is -0.173. The van der Waals surface area contributed by atoms with E-state index in [0.717, 1.165) is 25.1 Å². The van der Waals surface area contributed by atoms with Gasteiger partial charge in [0, 0.05) is 23.7 Å². The first-order valence-electron chi connectivity index (χ1n) is 8.88. The van der Waals surface area contributed by atoms with Crippen molar-refractivity contribution in [2.24, 2.45) is 0 Å². The number of likely N-dealkylation sites (tertiary alicyclic amines) is 1. The van der Waals surface area contributed by atoms with Gasteiger partial charge in [0.2, 0.25) is 11.8 Å². The number of amides is 2. The van der Waals surface area contributed by atoms with Gasteiger partial charge in [-0.15, -0.1) is 0 Å². The van der Waals surface area contributed by atoms with E-state index in [4.69, 9.17) is 23.2 Å². The van der Waals surface area contributed by atoms with Crippen LogP contribution in [0.1, 0.15) is 19.3 Å². The lowest BCUT2D eigenvalue weighted by Gasteiger charge is -2.23. The molecule has 7 heteroatoms. The molecule has 1 fully saturated rings. The minimum Gasteiger partial charge on any atom is -0.326 e. The molecule has 0 spiro atoms. The highest BCUT2D eigenvalue weighted by Gasteiger charge is 2.31. The smallest absolute Gasteiger partial charge is 0.241 e. The number of anilines is 2. The van der Waals surface area contributed by atoms with E-state index >= 15 is 0 Å². The van der Waals surface area contributed by atoms with Crippen LogP contribution in [-0.2, 0) is 9.59 Å². The Hall–Kier alpha value is -2.08. The summed E-state index contributed by atoms with van der Waals surface area (Å²) in [6, 6.07) is 14.0. The van der Waals surface area contributed by atoms with E-state index in [0.29, 0.717) is 28.7 Å². The zero-order valence-electron chi connectivity index (χ0n) is 14.8. The number of carbonyl (C=O) groups is 2. The van der Waals surface area contributed by atoms with E-state index < -0.39 is 0 Å². The SMILES string of the molecule is O=C(CCN1CCC[C@@H]1C(=O)Nc1ccc(Cl)cc1Cl)Nc1ccccc1. The fraction of sp³-hybridized carbons (Fsp3) is 0.300. The van der Waals surface area contributed by atoms with Crippen LogP contribution < -0.4 is 10.6 Å². The minimum absolute atomic E-state index is 0.0620. The molecule has 2 amide bonds. The van der Waals surface area contributed by atoms with Crippen LogP contribution in [0.5, 0.6) is 0 Å². The number of nitrogens with one attached hydrogen (secondary N) is 2. The summed E-state index contributed by atoms with van der Waals surface area (Å²) in [7, 11) is 0. The van der Waals surface area contributed by atoms with Gasteiger partial charge in [0.25, 0.3) is 0 Å². The summed E-state index contributed by atoms with van der Waals surface area (Å²) < 4.78 is 0. The topological polar surface area (TPSA) is 61.4 Å². The van der Waals surface area contributed by atoms with E-state index in [1.54, 1.807) is 18.2 Å². The Morgan fingerprint density at radius 3 is 2.59 bits per heavy atom. The molecule has 27 heavy (non-hydrogen) atoms. The molecule has 0 saturated carbocycles. The van der Waals surface area contributed by atoms with Crippen molar-refractivity contribution >= 4 is 46.4 Å². The van der Waals surface area contributed by atoms with Gasteiger partial charge in [-0.05, 0) is 49.7 Å². The van der Waals surface area contributed by atoms with E-state index in [2.05, 4.69) is 10.6 Å². The van der Waals surface area contributed by atoms with Gasteiger partial charge in [-0.1, -0.05) is 41.4 Å². The molecule has 3 rings (SSSR count). The fourth-order valence-corrected chi connectivity index (χ4v) is 3.64. The second-order valence-electron chi connectivity index (χ2n) is 6.47. The Balaban J connectivity index is 1.53. The van der Waals surface area contributed by atoms with Gasteiger partial charge in [-0.25, -0.2) is 0 Å². The van der Waals surface area contributed by atoms with Crippen molar-refractivity contribution < 1.29 is 9.59 Å². The molecule has 1 aliphatic heterocycles. The standard InChI is InChI=1S/C20H21Cl2N3O2/c21-14-8-9-17(16(22)13-14)24-20(27)18-7-4-11-25(18)12-10-19(26)23-15-5-2-1-3-6-15/h1-3,5-6,8-9,13,18H,4,7,10-12H2,(H,23,26)(H,24,27)/t18-/m1/s1. The molecule has 0 aliphatic carbocycles. The van der Waals surface area contributed by atoms with Crippen molar-refractivity contribution in [3.8, 4) is 0 Å². The number of hydrogen-bond acceptors (Lipinski definition) is 3. The van der Waals surface area contributed by atoms with Crippen molar-refractivity contribution in [1.82, 2.24) is 4.90 Å². The zero-order chi connectivity index (χ0) is 19.2. The van der Waals surface area contributed by atoms with Crippen LogP contribution in [0.15, 0.2) is 48.5 Å². The Labute approximate surface area is 168 Å². The van der Waals surface area contributed by atoms with Crippen molar-refractivity contribution in [2.75, 3.05) is 23.7 Å². The second-order valence-corrected chi connectivity index (χ2v) is 7.32. The highest BCUT2D eigenvalue weighted by Crippen LogP contribution is 2.27. The number of hydrogen-bond donors (Lipinski definition) is 2. The summed E-state index contributed by atoms with van der Waals surface area (Å²) in [5.41, 5.74) is 1.32. The van der Waals surface area contributed by atoms with E-state index in [9.17, 15) is 9.59 Å². The molecule has 5 nitrogen and oxygen atoms in total. The molecule has 2 N–H and O–H groups in total. The lowest BCUT2D eigenvalue weighted by Crippen LogP contribution is -2.41. The molecule has 2 aromatic rings. The van der Waals surface area contributed by atoms with Gasteiger partial charge in [0.15, 0.2) is 0 Å². The normalized spacial score (nSPS) is 16.9. The third kappa shape index (κ3) is 5.45. The molecular formula is C20H21Cl2N3O2. The van der Waals surface area contributed by atoms with Crippen LogP contribution in [0, 0.1) is 0 Å². The lowest BCUT2D eigenvalue weighted by atomic mass is 10.2. The average Bonchev–Trinajstić information content (AvgIpc) is 3.12. The molecule has 0 radical (unpaired) electrons. The Kier molecular flexibility index (Phi) is 6.72. The van der Waals surface area contributed by atoms with Crippen molar-refractivity contribution in [2.45, 2.75) is 25.3 Å². The molecule has 142 valence electrons. The number of rotatable bonds is 6.